The first-order valence-electron chi connectivity index (χ1n) is 8.35. The number of anilines is 1. The average molecular weight is 399 g/mol. The van der Waals surface area contributed by atoms with Crippen LogP contribution in [0.1, 0.15) is 27.4 Å². The first kappa shape index (κ1) is 19.5. The summed E-state index contributed by atoms with van der Waals surface area (Å²) in [5.41, 5.74) is 3.66. The van der Waals surface area contributed by atoms with Gasteiger partial charge in [0.2, 0.25) is 0 Å². The van der Waals surface area contributed by atoms with Crippen LogP contribution in [-0.2, 0) is 4.79 Å². The van der Waals surface area contributed by atoms with Crippen molar-refractivity contribution in [2.45, 2.75) is 5.92 Å². The number of benzene rings is 3. The van der Waals surface area contributed by atoms with E-state index in [1.807, 2.05) is 6.07 Å². The van der Waals surface area contributed by atoms with E-state index in [9.17, 15) is 14.0 Å². The highest BCUT2D eigenvalue weighted by atomic mass is 35.5. The van der Waals surface area contributed by atoms with E-state index in [4.69, 9.17) is 16.8 Å². The van der Waals surface area contributed by atoms with E-state index >= 15 is 0 Å². The fraction of sp³-hybridized carbons (Fsp3) is 0.0476. The normalized spacial score (nSPS) is 11.5. The van der Waals surface area contributed by atoms with Crippen molar-refractivity contribution in [3.8, 4) is 0 Å². The van der Waals surface area contributed by atoms with Gasteiger partial charge in [0.1, 0.15) is 5.82 Å². The van der Waals surface area contributed by atoms with Gasteiger partial charge in [-0.3, -0.25) is 14.8 Å². The minimum atomic E-state index is -0.706. The highest BCUT2D eigenvalue weighted by molar-refractivity contribution is 6.34. The Morgan fingerprint density at radius 1 is 0.929 bits per heavy atom. The SMILES string of the molecule is O=C(Nc1ccc(C(C(=O)NO)c2ccccc2)cc1)c1ccc(F)cc1Cl. The van der Waals surface area contributed by atoms with Gasteiger partial charge in [-0.25, -0.2) is 9.87 Å². The molecular weight excluding hydrogens is 383 g/mol. The number of hydrogen-bond donors (Lipinski definition) is 3. The molecule has 0 radical (unpaired) electrons. The van der Waals surface area contributed by atoms with E-state index in [0.29, 0.717) is 16.8 Å². The van der Waals surface area contributed by atoms with Gasteiger partial charge < -0.3 is 5.32 Å². The van der Waals surface area contributed by atoms with Gasteiger partial charge >= 0.3 is 0 Å². The van der Waals surface area contributed by atoms with E-state index in [0.717, 1.165) is 12.1 Å². The zero-order chi connectivity index (χ0) is 20.1. The summed E-state index contributed by atoms with van der Waals surface area (Å²) in [6.07, 6.45) is 0. The Morgan fingerprint density at radius 2 is 1.57 bits per heavy atom. The van der Waals surface area contributed by atoms with Crippen LogP contribution >= 0.6 is 11.6 Å². The van der Waals surface area contributed by atoms with Crippen LogP contribution in [0.15, 0.2) is 72.8 Å². The van der Waals surface area contributed by atoms with Gasteiger partial charge in [0.05, 0.1) is 16.5 Å². The first-order valence-corrected chi connectivity index (χ1v) is 8.72. The lowest BCUT2D eigenvalue weighted by molar-refractivity contribution is -0.129. The molecule has 7 heteroatoms. The largest absolute Gasteiger partial charge is 0.322 e. The van der Waals surface area contributed by atoms with E-state index < -0.39 is 23.5 Å². The molecule has 142 valence electrons. The van der Waals surface area contributed by atoms with Crippen molar-refractivity contribution in [3.05, 3.63) is 100 Å². The minimum absolute atomic E-state index is 0.0119. The zero-order valence-electron chi connectivity index (χ0n) is 14.5. The van der Waals surface area contributed by atoms with Crippen molar-refractivity contribution in [1.82, 2.24) is 5.48 Å². The van der Waals surface area contributed by atoms with Crippen molar-refractivity contribution in [2.24, 2.45) is 0 Å². The molecule has 0 fully saturated rings. The fourth-order valence-corrected chi connectivity index (χ4v) is 3.09. The summed E-state index contributed by atoms with van der Waals surface area (Å²) in [6, 6.07) is 19.1. The van der Waals surface area contributed by atoms with Gasteiger partial charge in [0.15, 0.2) is 0 Å². The van der Waals surface area contributed by atoms with Gasteiger partial charge in [0, 0.05) is 5.69 Å². The quantitative estimate of drug-likeness (QED) is 0.441. The molecule has 0 bridgehead atoms. The van der Waals surface area contributed by atoms with Gasteiger partial charge in [-0.1, -0.05) is 54.1 Å². The monoisotopic (exact) mass is 398 g/mol. The summed E-state index contributed by atoms with van der Waals surface area (Å²) >= 11 is 5.91. The molecule has 1 atom stereocenters. The molecule has 3 aromatic carbocycles. The molecule has 0 aromatic heterocycles. The first-order chi connectivity index (χ1) is 13.5. The highest BCUT2D eigenvalue weighted by Gasteiger charge is 2.22. The fourth-order valence-electron chi connectivity index (χ4n) is 2.84. The molecule has 0 aliphatic rings. The summed E-state index contributed by atoms with van der Waals surface area (Å²) in [4.78, 5) is 24.5. The van der Waals surface area contributed by atoms with Crippen molar-refractivity contribution in [2.75, 3.05) is 5.32 Å². The van der Waals surface area contributed by atoms with Gasteiger partial charge in [-0.05, 0) is 41.5 Å². The summed E-state index contributed by atoms with van der Waals surface area (Å²) in [6.45, 7) is 0. The molecule has 3 rings (SSSR count). The Hall–Kier alpha value is -3.22. The number of rotatable bonds is 5. The van der Waals surface area contributed by atoms with Crippen LogP contribution in [0.5, 0.6) is 0 Å². The molecule has 5 nitrogen and oxygen atoms in total. The molecule has 28 heavy (non-hydrogen) atoms. The molecule has 0 spiro atoms. The summed E-state index contributed by atoms with van der Waals surface area (Å²) in [7, 11) is 0. The molecule has 0 heterocycles. The number of hydroxylamine groups is 1. The molecule has 2 amide bonds. The minimum Gasteiger partial charge on any atom is -0.322 e. The molecule has 0 saturated carbocycles. The van der Waals surface area contributed by atoms with Crippen LogP contribution in [0.3, 0.4) is 0 Å². The van der Waals surface area contributed by atoms with E-state index in [1.165, 1.54) is 6.07 Å². The maximum atomic E-state index is 13.1. The molecule has 0 aliphatic carbocycles. The molecular formula is C21H16ClFN2O3. The smallest absolute Gasteiger partial charge is 0.257 e. The summed E-state index contributed by atoms with van der Waals surface area (Å²) < 4.78 is 13.1. The maximum absolute atomic E-state index is 13.1. The topological polar surface area (TPSA) is 78.4 Å². The molecule has 1 unspecified atom stereocenters. The Kier molecular flexibility index (Phi) is 6.03. The van der Waals surface area contributed by atoms with Crippen LogP contribution in [0.2, 0.25) is 5.02 Å². The molecule has 0 aliphatic heterocycles. The Labute approximate surface area is 165 Å². The second-order valence-electron chi connectivity index (χ2n) is 6.02. The number of carbonyl (C=O) groups excluding carboxylic acids is 2. The predicted molar refractivity (Wildman–Crippen MR) is 104 cm³/mol. The van der Waals surface area contributed by atoms with Crippen molar-refractivity contribution >= 4 is 29.1 Å². The standard InChI is InChI=1S/C21H16ClFN2O3/c22-18-12-15(23)8-11-17(18)20(26)24-16-9-6-14(7-10-16)19(21(27)25-28)13-4-2-1-3-5-13/h1-12,19,28H,(H,24,26)(H,25,27). The summed E-state index contributed by atoms with van der Waals surface area (Å²) in [5, 5.41) is 11.8. The number of hydrogen-bond acceptors (Lipinski definition) is 3. The van der Waals surface area contributed by atoms with E-state index in [1.54, 1.807) is 54.0 Å². The van der Waals surface area contributed by atoms with Crippen LogP contribution in [0.4, 0.5) is 10.1 Å². The zero-order valence-corrected chi connectivity index (χ0v) is 15.3. The molecule has 0 saturated heterocycles. The van der Waals surface area contributed by atoms with Crippen molar-refractivity contribution < 1.29 is 19.2 Å². The predicted octanol–water partition coefficient (Wildman–Crippen LogP) is 4.37. The molecule has 3 N–H and O–H groups in total. The van der Waals surface area contributed by atoms with Crippen LogP contribution in [0, 0.1) is 5.82 Å². The van der Waals surface area contributed by atoms with Crippen molar-refractivity contribution in [3.63, 3.8) is 0 Å². The van der Waals surface area contributed by atoms with Crippen LogP contribution < -0.4 is 10.8 Å². The van der Waals surface area contributed by atoms with Gasteiger partial charge in [-0.2, -0.15) is 0 Å². The van der Waals surface area contributed by atoms with Crippen LogP contribution in [0.25, 0.3) is 0 Å². The number of nitrogens with one attached hydrogen (secondary N) is 2. The second-order valence-corrected chi connectivity index (χ2v) is 6.43. The lowest BCUT2D eigenvalue weighted by Crippen LogP contribution is -2.27. The summed E-state index contributed by atoms with van der Waals surface area (Å²) in [5.74, 6) is -2.28. The van der Waals surface area contributed by atoms with Crippen LogP contribution in [-0.4, -0.2) is 17.0 Å². The van der Waals surface area contributed by atoms with Gasteiger partial charge in [-0.15, -0.1) is 0 Å². The van der Waals surface area contributed by atoms with E-state index in [2.05, 4.69) is 5.32 Å². The Morgan fingerprint density at radius 3 is 2.18 bits per heavy atom. The maximum Gasteiger partial charge on any atom is 0.257 e. The third kappa shape index (κ3) is 4.36. The number of amides is 2. The highest BCUT2D eigenvalue weighted by Crippen LogP contribution is 2.26. The lowest BCUT2D eigenvalue weighted by atomic mass is 9.90. The second kappa shape index (κ2) is 8.65. The average Bonchev–Trinajstić information content (AvgIpc) is 2.70. The van der Waals surface area contributed by atoms with E-state index in [-0.39, 0.29) is 10.6 Å². The Balaban J connectivity index is 1.82. The third-order valence-electron chi connectivity index (χ3n) is 4.18. The number of carbonyl (C=O) groups is 2. The van der Waals surface area contributed by atoms with Gasteiger partial charge in [0.25, 0.3) is 11.8 Å². The van der Waals surface area contributed by atoms with Crippen molar-refractivity contribution in [1.29, 1.82) is 0 Å². The third-order valence-corrected chi connectivity index (χ3v) is 4.50. The molecule has 3 aromatic rings. The number of halogens is 2. The Bertz CT molecular complexity index is 994. The lowest BCUT2D eigenvalue weighted by Gasteiger charge is -2.16.